The Morgan fingerprint density at radius 1 is 0.830 bits per heavy atom. The van der Waals surface area contributed by atoms with Gasteiger partial charge in [0, 0.05) is 39.1 Å². The Labute approximate surface area is 285 Å². The molecule has 0 aromatic heterocycles. The van der Waals surface area contributed by atoms with Crippen molar-refractivity contribution in [3.63, 3.8) is 0 Å². The Balaban J connectivity index is 1.49. The third kappa shape index (κ3) is 14.2. The van der Waals surface area contributed by atoms with E-state index in [0.29, 0.717) is 0 Å². The number of rotatable bonds is 19. The summed E-state index contributed by atoms with van der Waals surface area (Å²) >= 11 is 0. The summed E-state index contributed by atoms with van der Waals surface area (Å²) in [6.07, 6.45) is 27.6. The average molecular weight is 663 g/mol. The van der Waals surface area contributed by atoms with Crippen LogP contribution in [-0.2, 0) is 38.0 Å². The fraction of sp³-hybridized carbons (Fsp3) is 0.872. The molecule has 47 heavy (non-hydrogen) atoms. The van der Waals surface area contributed by atoms with Gasteiger partial charge in [0.1, 0.15) is 5.60 Å². The van der Waals surface area contributed by atoms with Crippen LogP contribution in [0.4, 0.5) is 0 Å². The second-order valence-corrected chi connectivity index (χ2v) is 14.7. The lowest BCUT2D eigenvalue weighted by atomic mass is 9.89. The van der Waals surface area contributed by atoms with Crippen molar-refractivity contribution in [2.24, 2.45) is 11.8 Å². The molecule has 8 heteroatoms. The zero-order chi connectivity index (χ0) is 33.3. The number of carbonyl (C=O) groups excluding carboxylic acids is 1. The first-order valence-electron chi connectivity index (χ1n) is 19.2. The van der Waals surface area contributed by atoms with E-state index in [1.54, 1.807) is 0 Å². The molecule has 3 aliphatic heterocycles. The summed E-state index contributed by atoms with van der Waals surface area (Å²) in [5.41, 5.74) is -0.440. The van der Waals surface area contributed by atoms with E-state index >= 15 is 0 Å². The number of hydrogen-bond acceptors (Lipinski definition) is 8. The van der Waals surface area contributed by atoms with E-state index < -0.39 is 5.60 Å². The Bertz CT molecular complexity index is 916. The van der Waals surface area contributed by atoms with Crippen molar-refractivity contribution in [2.75, 3.05) is 19.8 Å². The molecule has 0 aromatic carbocycles. The highest BCUT2D eigenvalue weighted by molar-refractivity contribution is 5.66. The quantitative estimate of drug-likeness (QED) is 0.0771. The van der Waals surface area contributed by atoms with Crippen LogP contribution in [0.25, 0.3) is 0 Å². The number of esters is 1. The second kappa shape index (κ2) is 21.0. The lowest BCUT2D eigenvalue weighted by molar-refractivity contribution is -0.203. The Morgan fingerprint density at radius 3 is 2.06 bits per heavy atom. The van der Waals surface area contributed by atoms with E-state index in [1.807, 2.05) is 13.8 Å². The minimum Gasteiger partial charge on any atom is -0.460 e. The van der Waals surface area contributed by atoms with Crippen LogP contribution in [0, 0.1) is 11.8 Å². The van der Waals surface area contributed by atoms with Crippen molar-refractivity contribution in [1.82, 2.24) is 0 Å². The SMILES string of the molecule is CCCCC[C@@H](/C=C/[C@@H]1[C@@H](C/C=C\CCCC(C)(C)OC(C)=O)[C@@H](OC2CCCCO2)C[C@H]1OC1CCCCO1)OC1CCCCO1. The molecule has 0 spiro atoms. The van der Waals surface area contributed by atoms with Crippen molar-refractivity contribution >= 4 is 5.97 Å². The molecular formula is C39H66O8. The molecule has 0 bridgehead atoms. The van der Waals surface area contributed by atoms with Crippen LogP contribution in [-0.4, -0.2) is 68.6 Å². The first kappa shape index (κ1) is 38.5. The molecule has 8 nitrogen and oxygen atoms in total. The topological polar surface area (TPSA) is 81.7 Å². The molecule has 4 fully saturated rings. The molecule has 4 rings (SSSR count). The predicted molar refractivity (Wildman–Crippen MR) is 184 cm³/mol. The van der Waals surface area contributed by atoms with Crippen molar-refractivity contribution in [3.05, 3.63) is 24.3 Å². The maximum absolute atomic E-state index is 11.5. The highest BCUT2D eigenvalue weighted by atomic mass is 16.7. The van der Waals surface area contributed by atoms with Gasteiger partial charge in [0.2, 0.25) is 0 Å². The minimum absolute atomic E-state index is 0.00749. The average Bonchev–Trinajstić information content (AvgIpc) is 3.37. The molecule has 3 saturated heterocycles. The number of allylic oxidation sites excluding steroid dienone is 2. The summed E-state index contributed by atoms with van der Waals surface area (Å²) in [5, 5.41) is 0. The third-order valence-electron chi connectivity index (χ3n) is 10.0. The molecule has 8 atom stereocenters. The molecular weight excluding hydrogens is 596 g/mol. The monoisotopic (exact) mass is 662 g/mol. The van der Waals surface area contributed by atoms with Gasteiger partial charge in [-0.25, -0.2) is 0 Å². The van der Waals surface area contributed by atoms with E-state index in [-0.39, 0.29) is 55.0 Å². The van der Waals surface area contributed by atoms with E-state index in [4.69, 9.17) is 33.2 Å². The second-order valence-electron chi connectivity index (χ2n) is 14.7. The minimum atomic E-state index is -0.440. The number of ether oxygens (including phenoxy) is 7. The number of hydrogen-bond donors (Lipinski definition) is 0. The fourth-order valence-electron chi connectivity index (χ4n) is 7.52. The van der Waals surface area contributed by atoms with E-state index in [0.717, 1.165) is 123 Å². The maximum atomic E-state index is 11.5. The van der Waals surface area contributed by atoms with E-state index in [2.05, 4.69) is 31.2 Å². The molecule has 0 radical (unpaired) electrons. The predicted octanol–water partition coefficient (Wildman–Crippen LogP) is 8.95. The van der Waals surface area contributed by atoms with Gasteiger partial charge in [-0.3, -0.25) is 4.79 Å². The van der Waals surface area contributed by atoms with Gasteiger partial charge < -0.3 is 33.2 Å². The molecule has 0 aromatic rings. The van der Waals surface area contributed by atoms with Crippen LogP contribution in [0.3, 0.4) is 0 Å². The normalized spacial score (nSPS) is 31.4. The standard InChI is InChI=1S/C39H66O8/c1-5-6-9-18-31(44-36-20-11-15-26-41-36)23-24-33-32(19-10-7-8-14-25-39(3,4)47-30(2)40)34(45-37-21-12-16-27-42-37)29-35(33)46-38-22-13-17-28-43-38/h7,10,23-24,31-38H,5-6,8-9,11-22,25-29H2,1-4H3/b10-7-,24-23+/t31-,32+,33+,34-,35+,36?,37?,38?/m0/s1. The Kier molecular flexibility index (Phi) is 17.2. The van der Waals surface area contributed by atoms with Gasteiger partial charge >= 0.3 is 5.97 Å². The van der Waals surface area contributed by atoms with Crippen molar-refractivity contribution < 1.29 is 38.0 Å². The van der Waals surface area contributed by atoms with Crippen LogP contribution in [0.2, 0.25) is 0 Å². The molecule has 1 aliphatic carbocycles. The summed E-state index contributed by atoms with van der Waals surface area (Å²) in [4.78, 5) is 11.5. The van der Waals surface area contributed by atoms with Gasteiger partial charge in [-0.15, -0.1) is 0 Å². The van der Waals surface area contributed by atoms with Gasteiger partial charge in [-0.05, 0) is 110 Å². The first-order chi connectivity index (χ1) is 22.8. The molecule has 3 heterocycles. The maximum Gasteiger partial charge on any atom is 0.303 e. The van der Waals surface area contributed by atoms with Crippen LogP contribution < -0.4 is 0 Å². The van der Waals surface area contributed by atoms with Crippen molar-refractivity contribution in [1.29, 1.82) is 0 Å². The Hall–Kier alpha value is -1.29. The summed E-state index contributed by atoms with van der Waals surface area (Å²) < 4.78 is 43.8. The van der Waals surface area contributed by atoms with Gasteiger partial charge in [-0.2, -0.15) is 0 Å². The van der Waals surface area contributed by atoms with Crippen LogP contribution in [0.15, 0.2) is 24.3 Å². The molecule has 0 amide bonds. The highest BCUT2D eigenvalue weighted by Gasteiger charge is 2.45. The van der Waals surface area contributed by atoms with E-state index in [9.17, 15) is 4.79 Å². The van der Waals surface area contributed by atoms with Crippen molar-refractivity contribution in [2.45, 2.75) is 186 Å². The fourth-order valence-corrected chi connectivity index (χ4v) is 7.52. The first-order valence-corrected chi connectivity index (χ1v) is 19.2. The van der Waals surface area contributed by atoms with E-state index in [1.165, 1.54) is 19.8 Å². The smallest absolute Gasteiger partial charge is 0.303 e. The zero-order valence-corrected chi connectivity index (χ0v) is 30.0. The molecule has 4 aliphatic rings. The van der Waals surface area contributed by atoms with Gasteiger partial charge in [0.05, 0.1) is 18.3 Å². The zero-order valence-electron chi connectivity index (χ0n) is 30.0. The summed E-state index contributed by atoms with van der Waals surface area (Å²) in [6.45, 7) is 10.0. The van der Waals surface area contributed by atoms with Crippen molar-refractivity contribution in [3.8, 4) is 0 Å². The lowest BCUT2D eigenvalue weighted by Crippen LogP contribution is -2.31. The number of unbranched alkanes of at least 4 members (excludes halogenated alkanes) is 3. The summed E-state index contributed by atoms with van der Waals surface area (Å²) in [6, 6.07) is 0. The van der Waals surface area contributed by atoms with Crippen LogP contribution >= 0.6 is 0 Å². The van der Waals surface area contributed by atoms with Crippen LogP contribution in [0.5, 0.6) is 0 Å². The molecule has 0 N–H and O–H groups in total. The summed E-state index contributed by atoms with van der Waals surface area (Å²) in [7, 11) is 0. The molecule has 3 unspecified atom stereocenters. The van der Waals surface area contributed by atoms with Gasteiger partial charge in [0.25, 0.3) is 0 Å². The van der Waals surface area contributed by atoms with Gasteiger partial charge in [-0.1, -0.05) is 50.5 Å². The lowest BCUT2D eigenvalue weighted by Gasteiger charge is -2.30. The summed E-state index contributed by atoms with van der Waals surface area (Å²) in [5.74, 6) is 0.200. The highest BCUT2D eigenvalue weighted by Crippen LogP contribution is 2.42. The van der Waals surface area contributed by atoms with Crippen LogP contribution in [0.1, 0.15) is 143 Å². The largest absolute Gasteiger partial charge is 0.460 e. The Morgan fingerprint density at radius 2 is 1.47 bits per heavy atom. The van der Waals surface area contributed by atoms with Gasteiger partial charge in [0.15, 0.2) is 18.9 Å². The number of carbonyl (C=O) groups is 1. The third-order valence-corrected chi connectivity index (χ3v) is 10.0. The molecule has 1 saturated carbocycles. The molecule has 270 valence electrons.